The van der Waals surface area contributed by atoms with E-state index in [2.05, 4.69) is 10.2 Å². The summed E-state index contributed by atoms with van der Waals surface area (Å²) in [4.78, 5) is 26.3. The average molecular weight is 318 g/mol. The molecule has 2 aliphatic rings. The second-order valence-corrected chi connectivity index (χ2v) is 6.68. The van der Waals surface area contributed by atoms with Crippen molar-refractivity contribution in [3.8, 4) is 0 Å². The van der Waals surface area contributed by atoms with Crippen LogP contribution < -0.4 is 5.32 Å². The molecular weight excluding hydrogens is 292 g/mol. The standard InChI is InChI=1S/C18H26N2O3/c21-17(10-3-11-19-18(22)16-9-5-13-23-16)20-12-4-8-15(20)14-6-1-2-7-14/h5,9,13-15H,1-4,6-8,10-12H2,(H,19,22). The molecule has 1 saturated carbocycles. The monoisotopic (exact) mass is 318 g/mol. The fourth-order valence-electron chi connectivity index (χ4n) is 4.01. The van der Waals surface area contributed by atoms with E-state index >= 15 is 0 Å². The van der Waals surface area contributed by atoms with Crippen molar-refractivity contribution in [2.24, 2.45) is 5.92 Å². The van der Waals surface area contributed by atoms with Gasteiger partial charge < -0.3 is 14.6 Å². The van der Waals surface area contributed by atoms with E-state index in [0.717, 1.165) is 18.9 Å². The summed E-state index contributed by atoms with van der Waals surface area (Å²) in [6.07, 6.45) is 10.2. The highest BCUT2D eigenvalue weighted by Crippen LogP contribution is 2.35. The summed E-state index contributed by atoms with van der Waals surface area (Å²) in [5.41, 5.74) is 0. The number of likely N-dealkylation sites (tertiary alicyclic amines) is 1. The summed E-state index contributed by atoms with van der Waals surface area (Å²) in [7, 11) is 0. The molecule has 0 bridgehead atoms. The molecule has 0 radical (unpaired) electrons. The minimum absolute atomic E-state index is 0.215. The van der Waals surface area contributed by atoms with Crippen molar-refractivity contribution in [3.05, 3.63) is 24.2 Å². The second kappa shape index (κ2) is 7.66. The molecule has 126 valence electrons. The van der Waals surface area contributed by atoms with Gasteiger partial charge in [-0.05, 0) is 50.2 Å². The van der Waals surface area contributed by atoms with Crippen LogP contribution >= 0.6 is 0 Å². The van der Waals surface area contributed by atoms with Gasteiger partial charge in [0, 0.05) is 25.6 Å². The van der Waals surface area contributed by atoms with E-state index in [1.165, 1.54) is 38.4 Å². The number of furan rings is 1. The van der Waals surface area contributed by atoms with Crippen molar-refractivity contribution in [1.82, 2.24) is 10.2 Å². The minimum Gasteiger partial charge on any atom is -0.459 e. The van der Waals surface area contributed by atoms with Crippen molar-refractivity contribution >= 4 is 11.8 Å². The van der Waals surface area contributed by atoms with E-state index in [-0.39, 0.29) is 11.8 Å². The highest BCUT2D eigenvalue weighted by atomic mass is 16.3. The molecule has 2 amide bonds. The fourth-order valence-corrected chi connectivity index (χ4v) is 4.01. The summed E-state index contributed by atoms with van der Waals surface area (Å²) in [6.45, 7) is 1.42. The molecule has 1 unspecified atom stereocenters. The number of rotatable bonds is 6. The number of hydrogen-bond donors (Lipinski definition) is 1. The molecule has 23 heavy (non-hydrogen) atoms. The minimum atomic E-state index is -0.215. The van der Waals surface area contributed by atoms with Gasteiger partial charge in [0.15, 0.2) is 5.76 Å². The zero-order valence-electron chi connectivity index (χ0n) is 13.6. The van der Waals surface area contributed by atoms with Crippen LogP contribution in [0.5, 0.6) is 0 Å². The van der Waals surface area contributed by atoms with Gasteiger partial charge in [-0.2, -0.15) is 0 Å². The molecule has 1 aliphatic carbocycles. The number of amides is 2. The number of hydrogen-bond acceptors (Lipinski definition) is 3. The van der Waals surface area contributed by atoms with Gasteiger partial charge >= 0.3 is 0 Å². The predicted molar refractivity (Wildman–Crippen MR) is 87.0 cm³/mol. The zero-order valence-corrected chi connectivity index (χ0v) is 13.6. The maximum Gasteiger partial charge on any atom is 0.286 e. The molecule has 5 nitrogen and oxygen atoms in total. The Bertz CT molecular complexity index is 520. The topological polar surface area (TPSA) is 62.6 Å². The first-order valence-corrected chi connectivity index (χ1v) is 8.87. The van der Waals surface area contributed by atoms with Gasteiger partial charge in [-0.25, -0.2) is 0 Å². The number of nitrogens with zero attached hydrogens (tertiary/aromatic N) is 1. The normalized spacial score (nSPS) is 21.7. The summed E-state index contributed by atoms with van der Waals surface area (Å²) < 4.78 is 5.04. The smallest absolute Gasteiger partial charge is 0.286 e. The van der Waals surface area contributed by atoms with Crippen LogP contribution in [0.2, 0.25) is 0 Å². The van der Waals surface area contributed by atoms with E-state index < -0.39 is 0 Å². The van der Waals surface area contributed by atoms with Crippen molar-refractivity contribution in [2.45, 2.75) is 57.4 Å². The maximum atomic E-state index is 12.5. The Morgan fingerprint density at radius 1 is 1.22 bits per heavy atom. The lowest BCUT2D eigenvalue weighted by Gasteiger charge is -2.29. The number of carbonyl (C=O) groups is 2. The van der Waals surface area contributed by atoms with Crippen LogP contribution in [0, 0.1) is 5.92 Å². The first kappa shape index (κ1) is 16.1. The molecule has 1 aliphatic heterocycles. The van der Waals surface area contributed by atoms with E-state index in [0.29, 0.717) is 31.2 Å². The second-order valence-electron chi connectivity index (χ2n) is 6.68. The lowest BCUT2D eigenvalue weighted by molar-refractivity contribution is -0.133. The number of carbonyl (C=O) groups excluding carboxylic acids is 2. The molecule has 1 aromatic heterocycles. The highest BCUT2D eigenvalue weighted by molar-refractivity contribution is 5.91. The van der Waals surface area contributed by atoms with Crippen LogP contribution in [-0.2, 0) is 4.79 Å². The van der Waals surface area contributed by atoms with Crippen molar-refractivity contribution < 1.29 is 14.0 Å². The molecular formula is C18H26N2O3. The van der Waals surface area contributed by atoms with Gasteiger partial charge in [0.25, 0.3) is 5.91 Å². The third-order valence-corrected chi connectivity index (χ3v) is 5.16. The van der Waals surface area contributed by atoms with Gasteiger partial charge in [-0.1, -0.05) is 12.8 Å². The Hall–Kier alpha value is -1.78. The molecule has 1 atom stereocenters. The predicted octanol–water partition coefficient (Wildman–Crippen LogP) is 2.97. The molecule has 0 aromatic carbocycles. The van der Waals surface area contributed by atoms with Crippen LogP contribution in [0.1, 0.15) is 61.9 Å². The van der Waals surface area contributed by atoms with Crippen molar-refractivity contribution in [3.63, 3.8) is 0 Å². The van der Waals surface area contributed by atoms with Crippen LogP contribution in [0.25, 0.3) is 0 Å². The van der Waals surface area contributed by atoms with Crippen LogP contribution in [0.4, 0.5) is 0 Å². The molecule has 1 aromatic rings. The largest absolute Gasteiger partial charge is 0.459 e. The van der Waals surface area contributed by atoms with Crippen LogP contribution in [0.3, 0.4) is 0 Å². The van der Waals surface area contributed by atoms with E-state index in [1.54, 1.807) is 12.1 Å². The Balaban J connectivity index is 1.39. The van der Waals surface area contributed by atoms with Crippen LogP contribution in [-0.4, -0.2) is 35.8 Å². The van der Waals surface area contributed by atoms with Crippen LogP contribution in [0.15, 0.2) is 22.8 Å². The van der Waals surface area contributed by atoms with Gasteiger partial charge in [0.1, 0.15) is 0 Å². The first-order chi connectivity index (χ1) is 11.3. The fraction of sp³-hybridized carbons (Fsp3) is 0.667. The molecule has 2 heterocycles. The summed E-state index contributed by atoms with van der Waals surface area (Å²) in [6, 6.07) is 3.80. The highest BCUT2D eigenvalue weighted by Gasteiger charge is 2.35. The first-order valence-electron chi connectivity index (χ1n) is 8.87. The van der Waals surface area contributed by atoms with Gasteiger partial charge in [-0.3, -0.25) is 9.59 Å². The van der Waals surface area contributed by atoms with E-state index in [4.69, 9.17) is 4.42 Å². The number of nitrogens with one attached hydrogen (secondary N) is 1. The molecule has 5 heteroatoms. The SMILES string of the molecule is O=C(NCCCC(=O)N1CCCC1C1CCCC1)c1ccco1. The zero-order chi connectivity index (χ0) is 16.1. The quantitative estimate of drug-likeness (QED) is 0.820. The van der Waals surface area contributed by atoms with E-state index in [9.17, 15) is 9.59 Å². The molecule has 0 spiro atoms. The van der Waals surface area contributed by atoms with E-state index in [1.807, 2.05) is 0 Å². The average Bonchev–Trinajstić information content (AvgIpc) is 3.32. The van der Waals surface area contributed by atoms with Gasteiger partial charge in [0.05, 0.1) is 6.26 Å². The Kier molecular flexibility index (Phi) is 5.36. The van der Waals surface area contributed by atoms with Crippen molar-refractivity contribution in [1.29, 1.82) is 0 Å². The molecule has 1 N–H and O–H groups in total. The lowest BCUT2D eigenvalue weighted by atomic mass is 9.96. The molecule has 3 rings (SSSR count). The Morgan fingerprint density at radius 2 is 2.04 bits per heavy atom. The van der Waals surface area contributed by atoms with Gasteiger partial charge in [0.2, 0.25) is 5.91 Å². The van der Waals surface area contributed by atoms with Gasteiger partial charge in [-0.15, -0.1) is 0 Å². The summed E-state index contributed by atoms with van der Waals surface area (Å²) >= 11 is 0. The third-order valence-electron chi connectivity index (χ3n) is 5.16. The maximum absolute atomic E-state index is 12.5. The van der Waals surface area contributed by atoms with Crippen molar-refractivity contribution in [2.75, 3.05) is 13.1 Å². The Labute approximate surface area is 137 Å². The summed E-state index contributed by atoms with van der Waals surface area (Å²) in [5, 5.41) is 2.79. The summed E-state index contributed by atoms with van der Waals surface area (Å²) in [5.74, 6) is 1.08. The molecule has 2 fully saturated rings. The third kappa shape index (κ3) is 3.95. The lowest BCUT2D eigenvalue weighted by Crippen LogP contribution is -2.39. The Morgan fingerprint density at radius 3 is 2.78 bits per heavy atom. The molecule has 1 saturated heterocycles.